The Balaban J connectivity index is 1.40. The van der Waals surface area contributed by atoms with Crippen molar-refractivity contribution in [3.8, 4) is 28.4 Å². The van der Waals surface area contributed by atoms with Crippen molar-refractivity contribution < 1.29 is 28.5 Å². The Morgan fingerprint density at radius 1 is 0.757 bits per heavy atom. The summed E-state index contributed by atoms with van der Waals surface area (Å²) in [6.45, 7) is 6.19. The van der Waals surface area contributed by atoms with Gasteiger partial charge in [0.05, 0.1) is 20.3 Å². The predicted octanol–water partition coefficient (Wildman–Crippen LogP) is 6.65. The molecule has 6 heteroatoms. The Labute approximate surface area is 218 Å². The summed E-state index contributed by atoms with van der Waals surface area (Å²) in [6.07, 6.45) is 5.68. The van der Waals surface area contributed by atoms with Crippen LogP contribution < -0.4 is 14.2 Å². The highest BCUT2D eigenvalue weighted by Gasteiger charge is 2.04. The van der Waals surface area contributed by atoms with E-state index in [1.807, 2.05) is 60.7 Å². The van der Waals surface area contributed by atoms with Gasteiger partial charge in [0.2, 0.25) is 0 Å². The van der Waals surface area contributed by atoms with Gasteiger partial charge < -0.3 is 18.9 Å². The molecule has 3 rings (SSSR count). The minimum absolute atomic E-state index is 0.343. The fraction of sp³-hybridized carbons (Fsp3) is 0.226. The van der Waals surface area contributed by atoms with Crippen LogP contribution in [0, 0.1) is 0 Å². The largest absolute Gasteiger partial charge is 0.497 e. The molecule has 6 nitrogen and oxygen atoms in total. The fourth-order valence-electron chi connectivity index (χ4n) is 3.35. The molecule has 0 aromatic heterocycles. The molecule has 0 unspecified atom stereocenters. The number of carbonyl (C=O) groups is 2. The Kier molecular flexibility index (Phi) is 10.5. The number of ether oxygens (including phenoxy) is 4. The highest BCUT2D eigenvalue weighted by molar-refractivity contribution is 5.89. The average molecular weight is 501 g/mol. The van der Waals surface area contributed by atoms with Crippen molar-refractivity contribution in [2.45, 2.75) is 26.2 Å². The molecule has 0 atom stereocenters. The van der Waals surface area contributed by atoms with Gasteiger partial charge in [-0.1, -0.05) is 43.0 Å². The summed E-state index contributed by atoms with van der Waals surface area (Å²) in [4.78, 5) is 23.5. The van der Waals surface area contributed by atoms with E-state index in [2.05, 4.69) is 6.58 Å². The Bertz CT molecular complexity index is 1190. The number of benzene rings is 3. The van der Waals surface area contributed by atoms with E-state index >= 15 is 0 Å². The first-order chi connectivity index (χ1) is 17.9. The van der Waals surface area contributed by atoms with Crippen LogP contribution in [-0.4, -0.2) is 32.3 Å². The highest BCUT2D eigenvalue weighted by Crippen LogP contribution is 2.25. The number of methoxy groups -OCH3 is 1. The normalized spacial score (nSPS) is 10.6. The SMILES string of the molecule is C=C(C)C(=O)OCCCCCOc1ccc(-c2ccc(OC(=O)C=Cc3ccc(OC)cc3)cc2)cc1. The van der Waals surface area contributed by atoms with Gasteiger partial charge in [0.25, 0.3) is 0 Å². The van der Waals surface area contributed by atoms with Crippen LogP contribution in [-0.2, 0) is 14.3 Å². The molecule has 0 aliphatic rings. The zero-order valence-corrected chi connectivity index (χ0v) is 21.3. The van der Waals surface area contributed by atoms with Crippen molar-refractivity contribution >= 4 is 18.0 Å². The standard InChI is InChI=1S/C31H32O6/c1-23(2)31(33)36-22-6-4-5-21-35-28-16-10-25(11-17-28)26-12-18-29(19-13-26)37-30(32)20-9-24-7-14-27(34-3)15-8-24/h7-20H,1,4-6,21-22H2,2-3H3. The lowest BCUT2D eigenvalue weighted by molar-refractivity contribution is -0.139. The molecule has 0 bridgehead atoms. The van der Waals surface area contributed by atoms with Gasteiger partial charge >= 0.3 is 11.9 Å². The molecule has 0 saturated carbocycles. The van der Waals surface area contributed by atoms with Crippen molar-refractivity contribution in [3.63, 3.8) is 0 Å². The number of unbranched alkanes of at least 4 members (excludes halogenated alkanes) is 2. The maximum absolute atomic E-state index is 12.1. The minimum Gasteiger partial charge on any atom is -0.497 e. The number of esters is 2. The number of rotatable bonds is 13. The molecular formula is C31H32O6. The first kappa shape index (κ1) is 27.3. The second-order valence-electron chi connectivity index (χ2n) is 8.40. The smallest absolute Gasteiger partial charge is 0.336 e. The molecule has 0 radical (unpaired) electrons. The van der Waals surface area contributed by atoms with Crippen molar-refractivity contribution in [3.05, 3.63) is 96.6 Å². The summed E-state index contributed by atoms with van der Waals surface area (Å²) >= 11 is 0. The molecule has 0 aliphatic carbocycles. The van der Waals surface area contributed by atoms with Gasteiger partial charge in [0.1, 0.15) is 17.2 Å². The summed E-state index contributed by atoms with van der Waals surface area (Å²) in [5.74, 6) is 1.24. The van der Waals surface area contributed by atoms with E-state index < -0.39 is 5.97 Å². The van der Waals surface area contributed by atoms with E-state index in [-0.39, 0.29) is 5.97 Å². The van der Waals surface area contributed by atoms with Crippen LogP contribution in [0.2, 0.25) is 0 Å². The highest BCUT2D eigenvalue weighted by atomic mass is 16.5. The number of carbonyl (C=O) groups excluding carboxylic acids is 2. The van der Waals surface area contributed by atoms with Crippen LogP contribution in [0.1, 0.15) is 31.7 Å². The summed E-state index contributed by atoms with van der Waals surface area (Å²) in [5.41, 5.74) is 3.33. The molecular weight excluding hydrogens is 468 g/mol. The predicted molar refractivity (Wildman–Crippen MR) is 145 cm³/mol. The quantitative estimate of drug-likeness (QED) is 0.113. The zero-order valence-electron chi connectivity index (χ0n) is 21.3. The number of hydrogen-bond donors (Lipinski definition) is 0. The van der Waals surface area contributed by atoms with Gasteiger partial charge in [-0.25, -0.2) is 9.59 Å². The third-order valence-corrected chi connectivity index (χ3v) is 5.43. The van der Waals surface area contributed by atoms with Crippen molar-refractivity contribution in [1.29, 1.82) is 0 Å². The van der Waals surface area contributed by atoms with Gasteiger partial charge in [0, 0.05) is 11.6 Å². The van der Waals surface area contributed by atoms with E-state index in [0.29, 0.717) is 24.5 Å². The molecule has 0 saturated heterocycles. The van der Waals surface area contributed by atoms with E-state index in [9.17, 15) is 9.59 Å². The maximum atomic E-state index is 12.1. The molecule has 37 heavy (non-hydrogen) atoms. The minimum atomic E-state index is -0.446. The van der Waals surface area contributed by atoms with E-state index in [1.54, 1.807) is 32.2 Å². The average Bonchev–Trinajstić information content (AvgIpc) is 2.92. The molecule has 0 heterocycles. The van der Waals surface area contributed by atoms with E-state index in [4.69, 9.17) is 18.9 Å². The molecule has 0 aliphatic heterocycles. The van der Waals surface area contributed by atoms with E-state index in [0.717, 1.165) is 47.5 Å². The third kappa shape index (κ3) is 9.33. The fourth-order valence-corrected chi connectivity index (χ4v) is 3.35. The summed E-state index contributed by atoms with van der Waals surface area (Å²) < 4.78 is 21.4. The monoisotopic (exact) mass is 500 g/mol. The molecule has 3 aromatic rings. The topological polar surface area (TPSA) is 71.1 Å². The molecule has 3 aromatic carbocycles. The third-order valence-electron chi connectivity index (χ3n) is 5.43. The van der Waals surface area contributed by atoms with Crippen LogP contribution in [0.25, 0.3) is 17.2 Å². The second kappa shape index (κ2) is 14.3. The van der Waals surface area contributed by atoms with Gasteiger partial charge in [-0.3, -0.25) is 0 Å². The van der Waals surface area contributed by atoms with Crippen LogP contribution in [0.4, 0.5) is 0 Å². The van der Waals surface area contributed by atoms with Crippen molar-refractivity contribution in [2.75, 3.05) is 20.3 Å². The van der Waals surface area contributed by atoms with Crippen LogP contribution in [0.3, 0.4) is 0 Å². The van der Waals surface area contributed by atoms with Gasteiger partial charge in [0.15, 0.2) is 0 Å². The number of hydrogen-bond acceptors (Lipinski definition) is 6. The zero-order chi connectivity index (χ0) is 26.5. The summed E-state index contributed by atoms with van der Waals surface area (Å²) in [6, 6.07) is 22.6. The summed E-state index contributed by atoms with van der Waals surface area (Å²) in [5, 5.41) is 0. The Hall–Kier alpha value is -4.32. The molecule has 0 spiro atoms. The lowest BCUT2D eigenvalue weighted by atomic mass is 10.1. The second-order valence-corrected chi connectivity index (χ2v) is 8.40. The first-order valence-electron chi connectivity index (χ1n) is 12.1. The first-order valence-corrected chi connectivity index (χ1v) is 12.1. The maximum Gasteiger partial charge on any atom is 0.336 e. The molecule has 192 valence electrons. The molecule has 0 N–H and O–H groups in total. The molecule has 0 fully saturated rings. The molecule has 0 amide bonds. The van der Waals surface area contributed by atoms with Crippen LogP contribution >= 0.6 is 0 Å². The van der Waals surface area contributed by atoms with E-state index in [1.165, 1.54) is 6.08 Å². The Morgan fingerprint density at radius 2 is 1.32 bits per heavy atom. The Morgan fingerprint density at radius 3 is 1.92 bits per heavy atom. The van der Waals surface area contributed by atoms with Crippen LogP contribution in [0.5, 0.6) is 17.2 Å². The summed E-state index contributed by atoms with van der Waals surface area (Å²) in [7, 11) is 1.61. The van der Waals surface area contributed by atoms with Crippen LogP contribution in [0.15, 0.2) is 91.0 Å². The van der Waals surface area contributed by atoms with Crippen molar-refractivity contribution in [1.82, 2.24) is 0 Å². The van der Waals surface area contributed by atoms with Gasteiger partial charge in [-0.05, 0) is 85.4 Å². The van der Waals surface area contributed by atoms with Gasteiger partial charge in [-0.2, -0.15) is 0 Å². The lowest BCUT2D eigenvalue weighted by Crippen LogP contribution is -2.06. The van der Waals surface area contributed by atoms with Crippen molar-refractivity contribution in [2.24, 2.45) is 0 Å². The lowest BCUT2D eigenvalue weighted by Gasteiger charge is -2.08. The van der Waals surface area contributed by atoms with Gasteiger partial charge in [-0.15, -0.1) is 0 Å².